The van der Waals surface area contributed by atoms with Crippen LogP contribution >= 0.6 is 23.4 Å². The van der Waals surface area contributed by atoms with Crippen molar-refractivity contribution in [2.24, 2.45) is 0 Å². The molecule has 0 saturated carbocycles. The van der Waals surface area contributed by atoms with Crippen molar-refractivity contribution >= 4 is 29.1 Å². The Kier molecular flexibility index (Phi) is 6.46. The molecule has 0 aliphatic heterocycles. The Morgan fingerprint density at radius 3 is 2.83 bits per heavy atom. The fourth-order valence-electron chi connectivity index (χ4n) is 1.47. The van der Waals surface area contributed by atoms with Crippen molar-refractivity contribution < 1.29 is 4.92 Å². The Labute approximate surface area is 116 Å². The summed E-state index contributed by atoms with van der Waals surface area (Å²) in [4.78, 5) is 10.1. The molecule has 0 radical (unpaired) electrons. The molecule has 4 nitrogen and oxygen atoms in total. The van der Waals surface area contributed by atoms with Gasteiger partial charge in [-0.3, -0.25) is 10.1 Å². The van der Waals surface area contributed by atoms with E-state index >= 15 is 0 Å². The lowest BCUT2D eigenvalue weighted by Crippen LogP contribution is -2.26. The summed E-state index contributed by atoms with van der Waals surface area (Å²) >= 11 is 7.83. The number of thioether (sulfide) groups is 1. The highest BCUT2D eigenvalue weighted by atomic mass is 35.5. The fourth-order valence-corrected chi connectivity index (χ4v) is 2.30. The monoisotopic (exact) mass is 288 g/mol. The minimum atomic E-state index is -0.440. The average Bonchev–Trinajstić information content (AvgIpc) is 2.34. The van der Waals surface area contributed by atoms with E-state index in [1.54, 1.807) is 6.07 Å². The van der Waals surface area contributed by atoms with Crippen LogP contribution in [0.15, 0.2) is 18.2 Å². The van der Waals surface area contributed by atoms with Gasteiger partial charge in [-0.15, -0.1) is 0 Å². The molecule has 1 unspecified atom stereocenters. The zero-order valence-corrected chi connectivity index (χ0v) is 12.1. The van der Waals surface area contributed by atoms with Crippen LogP contribution in [-0.2, 0) is 6.54 Å². The molecule has 1 atom stereocenters. The Morgan fingerprint density at radius 2 is 2.28 bits per heavy atom. The van der Waals surface area contributed by atoms with Crippen molar-refractivity contribution in [3.8, 4) is 0 Å². The molecule has 18 heavy (non-hydrogen) atoms. The van der Waals surface area contributed by atoms with Crippen LogP contribution in [0.3, 0.4) is 0 Å². The normalized spacial score (nSPS) is 12.4. The van der Waals surface area contributed by atoms with Gasteiger partial charge >= 0.3 is 0 Å². The van der Waals surface area contributed by atoms with Crippen molar-refractivity contribution in [1.29, 1.82) is 0 Å². The van der Waals surface area contributed by atoms with E-state index in [4.69, 9.17) is 11.6 Å². The van der Waals surface area contributed by atoms with E-state index in [9.17, 15) is 10.1 Å². The van der Waals surface area contributed by atoms with Gasteiger partial charge in [0, 0.05) is 24.7 Å². The summed E-state index contributed by atoms with van der Waals surface area (Å²) < 4.78 is 0. The molecule has 0 aliphatic rings. The zero-order valence-electron chi connectivity index (χ0n) is 10.5. The van der Waals surface area contributed by atoms with Crippen molar-refractivity contribution in [2.75, 3.05) is 12.0 Å². The molecule has 0 fully saturated rings. The van der Waals surface area contributed by atoms with Crippen LogP contribution in [-0.4, -0.2) is 23.0 Å². The molecule has 0 heterocycles. The quantitative estimate of drug-likeness (QED) is 0.616. The number of non-ortho nitro benzene ring substituents is 1. The predicted molar refractivity (Wildman–Crippen MR) is 77.4 cm³/mol. The summed E-state index contributed by atoms with van der Waals surface area (Å²) in [5.74, 6) is 1.11. The number of rotatable bonds is 7. The van der Waals surface area contributed by atoms with E-state index in [1.807, 2.05) is 11.8 Å². The maximum Gasteiger partial charge on any atom is 0.270 e. The molecule has 0 spiro atoms. The predicted octanol–water partition coefficient (Wildman–Crippen LogP) is 3.48. The molecule has 100 valence electrons. The second-order valence-corrected chi connectivity index (χ2v) is 5.49. The van der Waals surface area contributed by atoms with Gasteiger partial charge in [-0.2, -0.15) is 11.8 Å². The number of nitrogens with one attached hydrogen (secondary N) is 1. The number of benzene rings is 1. The Morgan fingerprint density at radius 1 is 1.56 bits per heavy atom. The van der Waals surface area contributed by atoms with E-state index < -0.39 is 4.92 Å². The molecule has 0 amide bonds. The van der Waals surface area contributed by atoms with Crippen molar-refractivity contribution in [3.63, 3.8) is 0 Å². The van der Waals surface area contributed by atoms with Crippen LogP contribution in [0.5, 0.6) is 0 Å². The van der Waals surface area contributed by atoms with Crippen molar-refractivity contribution in [2.45, 2.75) is 25.9 Å². The van der Waals surface area contributed by atoms with E-state index in [-0.39, 0.29) is 5.69 Å². The average molecular weight is 289 g/mol. The van der Waals surface area contributed by atoms with Crippen LogP contribution in [0, 0.1) is 10.1 Å². The molecule has 6 heteroatoms. The number of hydrogen-bond donors (Lipinski definition) is 1. The second-order valence-electron chi connectivity index (χ2n) is 4.10. The lowest BCUT2D eigenvalue weighted by atomic mass is 10.2. The minimum Gasteiger partial charge on any atom is -0.310 e. The largest absolute Gasteiger partial charge is 0.310 e. The van der Waals surface area contributed by atoms with Crippen LogP contribution in [0.4, 0.5) is 5.69 Å². The van der Waals surface area contributed by atoms with Gasteiger partial charge in [-0.05, 0) is 37.0 Å². The van der Waals surface area contributed by atoms with Gasteiger partial charge < -0.3 is 5.32 Å². The van der Waals surface area contributed by atoms with Crippen LogP contribution in [0.25, 0.3) is 0 Å². The van der Waals surface area contributed by atoms with Crippen molar-refractivity contribution in [3.05, 3.63) is 38.9 Å². The van der Waals surface area contributed by atoms with Gasteiger partial charge in [-0.25, -0.2) is 0 Å². The van der Waals surface area contributed by atoms with Gasteiger partial charge in [0.15, 0.2) is 0 Å². The molecular weight excluding hydrogens is 272 g/mol. The number of nitro benzene ring substituents is 1. The first kappa shape index (κ1) is 15.3. The summed E-state index contributed by atoms with van der Waals surface area (Å²) in [7, 11) is 0. The number of nitrogens with zero attached hydrogens (tertiary/aromatic N) is 1. The molecule has 0 saturated heterocycles. The minimum absolute atomic E-state index is 0.0270. The van der Waals surface area contributed by atoms with Crippen LogP contribution in [0.1, 0.15) is 18.9 Å². The smallest absolute Gasteiger partial charge is 0.270 e. The SMILES string of the molecule is CSCCC(C)NCc1ccc([N+](=O)[O-])cc1Cl. The molecule has 0 aliphatic carbocycles. The zero-order chi connectivity index (χ0) is 13.5. The van der Waals surface area contributed by atoms with E-state index in [2.05, 4.69) is 18.5 Å². The highest BCUT2D eigenvalue weighted by molar-refractivity contribution is 7.98. The number of hydrogen-bond acceptors (Lipinski definition) is 4. The maximum atomic E-state index is 10.6. The van der Waals surface area contributed by atoms with E-state index in [1.165, 1.54) is 12.1 Å². The molecule has 1 aromatic carbocycles. The Balaban J connectivity index is 2.55. The third-order valence-corrected chi connectivity index (χ3v) is 3.64. The van der Waals surface area contributed by atoms with Crippen LogP contribution in [0.2, 0.25) is 5.02 Å². The lowest BCUT2D eigenvalue weighted by Gasteiger charge is -2.13. The molecular formula is C12H17ClN2O2S. The second kappa shape index (κ2) is 7.61. The molecule has 1 aromatic rings. The standard InChI is InChI=1S/C12H17ClN2O2S/c1-9(5-6-18-2)14-8-10-3-4-11(15(16)17)7-12(10)13/h3-4,7,9,14H,5-6,8H2,1-2H3. The summed E-state index contributed by atoms with van der Waals surface area (Å²) in [6.07, 6.45) is 3.17. The van der Waals surface area contributed by atoms with Crippen molar-refractivity contribution in [1.82, 2.24) is 5.32 Å². The Bertz CT molecular complexity index is 415. The summed E-state index contributed by atoms with van der Waals surface area (Å²) in [6, 6.07) is 4.98. The molecule has 0 bridgehead atoms. The van der Waals surface area contributed by atoms with Crippen LogP contribution < -0.4 is 5.32 Å². The first-order valence-corrected chi connectivity index (χ1v) is 7.47. The summed E-state index contributed by atoms with van der Waals surface area (Å²) in [6.45, 7) is 2.75. The summed E-state index contributed by atoms with van der Waals surface area (Å²) in [5, 5.41) is 14.4. The number of nitro groups is 1. The first-order chi connectivity index (χ1) is 8.54. The molecule has 1 rings (SSSR count). The third-order valence-electron chi connectivity index (χ3n) is 2.64. The molecule has 1 N–H and O–H groups in total. The van der Waals surface area contributed by atoms with Gasteiger partial charge in [0.1, 0.15) is 0 Å². The van der Waals surface area contributed by atoms with Gasteiger partial charge in [0.05, 0.1) is 9.95 Å². The lowest BCUT2D eigenvalue weighted by molar-refractivity contribution is -0.384. The highest BCUT2D eigenvalue weighted by Crippen LogP contribution is 2.22. The maximum absolute atomic E-state index is 10.6. The third kappa shape index (κ3) is 4.84. The first-order valence-electron chi connectivity index (χ1n) is 5.69. The van der Waals surface area contributed by atoms with Gasteiger partial charge in [0.2, 0.25) is 0 Å². The Hall–Kier alpha value is -0.780. The highest BCUT2D eigenvalue weighted by Gasteiger charge is 2.10. The molecule has 0 aromatic heterocycles. The summed E-state index contributed by atoms with van der Waals surface area (Å²) in [5.41, 5.74) is 0.914. The van der Waals surface area contributed by atoms with Gasteiger partial charge in [-0.1, -0.05) is 11.6 Å². The van der Waals surface area contributed by atoms with E-state index in [0.29, 0.717) is 17.6 Å². The fraction of sp³-hybridized carbons (Fsp3) is 0.500. The van der Waals surface area contributed by atoms with Gasteiger partial charge in [0.25, 0.3) is 5.69 Å². The number of halogens is 1. The van der Waals surface area contributed by atoms with E-state index in [0.717, 1.165) is 17.7 Å². The topological polar surface area (TPSA) is 55.2 Å².